The molecular formula is C24H28ClN7. The van der Waals surface area contributed by atoms with Gasteiger partial charge in [-0.15, -0.1) is 12.4 Å². The smallest absolute Gasteiger partial charge is 0.159 e. The average molecular weight is 450 g/mol. The molecule has 1 aliphatic heterocycles. The van der Waals surface area contributed by atoms with Crippen LogP contribution in [0.3, 0.4) is 0 Å². The van der Waals surface area contributed by atoms with Gasteiger partial charge in [0.15, 0.2) is 5.82 Å². The van der Waals surface area contributed by atoms with Crippen molar-refractivity contribution in [2.45, 2.75) is 38.8 Å². The molecule has 1 aromatic carbocycles. The number of nitrogens with one attached hydrogen (secondary N) is 1. The first-order valence-electron chi connectivity index (χ1n) is 10.9. The predicted molar refractivity (Wildman–Crippen MR) is 129 cm³/mol. The molecule has 0 radical (unpaired) electrons. The van der Waals surface area contributed by atoms with Crippen molar-refractivity contribution in [3.05, 3.63) is 61.4 Å². The third-order valence-electron chi connectivity index (χ3n) is 5.85. The van der Waals surface area contributed by atoms with Crippen LogP contribution in [0.2, 0.25) is 0 Å². The van der Waals surface area contributed by atoms with E-state index in [1.165, 1.54) is 0 Å². The number of benzene rings is 1. The fraction of sp³-hybridized carbons (Fsp3) is 0.333. The van der Waals surface area contributed by atoms with Gasteiger partial charge < -0.3 is 5.32 Å². The molecule has 1 N–H and O–H groups in total. The van der Waals surface area contributed by atoms with Gasteiger partial charge in [0, 0.05) is 53.1 Å². The lowest BCUT2D eigenvalue weighted by atomic mass is 10.1. The highest BCUT2D eigenvalue weighted by molar-refractivity contribution is 5.85. The third kappa shape index (κ3) is 4.59. The fourth-order valence-corrected chi connectivity index (χ4v) is 3.99. The molecule has 1 saturated heterocycles. The SMILES string of the molecule is CC(C)n1cc(-c2cccc(-c3ncc(-c4cnn(C5CCNCC5)c4)cn3)c2)cn1.Cl. The lowest BCUT2D eigenvalue weighted by Crippen LogP contribution is -2.29. The van der Waals surface area contributed by atoms with Crippen LogP contribution in [0.1, 0.15) is 38.8 Å². The second kappa shape index (κ2) is 9.63. The van der Waals surface area contributed by atoms with Gasteiger partial charge in [-0.1, -0.05) is 18.2 Å². The van der Waals surface area contributed by atoms with E-state index in [-0.39, 0.29) is 12.4 Å². The molecule has 4 aromatic rings. The van der Waals surface area contributed by atoms with Gasteiger partial charge in [0.25, 0.3) is 0 Å². The van der Waals surface area contributed by atoms with Crippen LogP contribution in [0.4, 0.5) is 0 Å². The van der Waals surface area contributed by atoms with Crippen LogP contribution in [-0.4, -0.2) is 42.6 Å². The van der Waals surface area contributed by atoms with E-state index in [2.05, 4.69) is 68.5 Å². The van der Waals surface area contributed by atoms with Gasteiger partial charge in [0.05, 0.1) is 18.4 Å². The molecule has 8 heteroatoms. The van der Waals surface area contributed by atoms with E-state index < -0.39 is 0 Å². The minimum absolute atomic E-state index is 0. The molecule has 0 aliphatic carbocycles. The Morgan fingerprint density at radius 3 is 2.25 bits per heavy atom. The summed E-state index contributed by atoms with van der Waals surface area (Å²) in [5, 5.41) is 12.4. The highest BCUT2D eigenvalue weighted by atomic mass is 35.5. The van der Waals surface area contributed by atoms with Gasteiger partial charge in [-0.25, -0.2) is 9.97 Å². The largest absolute Gasteiger partial charge is 0.317 e. The molecule has 3 aromatic heterocycles. The Balaban J connectivity index is 0.00000245. The maximum Gasteiger partial charge on any atom is 0.159 e. The van der Waals surface area contributed by atoms with E-state index in [9.17, 15) is 0 Å². The molecule has 0 unspecified atom stereocenters. The zero-order valence-corrected chi connectivity index (χ0v) is 19.2. The molecule has 32 heavy (non-hydrogen) atoms. The normalized spacial score (nSPS) is 14.5. The topological polar surface area (TPSA) is 73.5 Å². The lowest BCUT2D eigenvalue weighted by Gasteiger charge is -2.22. The molecule has 0 bridgehead atoms. The van der Waals surface area contributed by atoms with Crippen molar-refractivity contribution in [2.24, 2.45) is 0 Å². The Kier molecular flexibility index (Phi) is 6.67. The summed E-state index contributed by atoms with van der Waals surface area (Å²) >= 11 is 0. The summed E-state index contributed by atoms with van der Waals surface area (Å²) in [6.07, 6.45) is 14.0. The second-order valence-corrected chi connectivity index (χ2v) is 8.37. The first-order valence-corrected chi connectivity index (χ1v) is 10.9. The van der Waals surface area contributed by atoms with Crippen LogP contribution in [-0.2, 0) is 0 Å². The standard InChI is InChI=1S/C24H27N7.ClH/c1-17(2)30-15-21(13-28-30)18-4-3-5-19(10-18)24-26-11-20(12-27-24)22-14-29-31(16-22)23-6-8-25-9-7-23;/h3-5,10-17,23,25H,6-9H2,1-2H3;1H. The van der Waals surface area contributed by atoms with Gasteiger partial charge in [0.2, 0.25) is 0 Å². The lowest BCUT2D eigenvalue weighted by molar-refractivity contribution is 0.343. The molecule has 7 nitrogen and oxygen atoms in total. The maximum atomic E-state index is 4.64. The van der Waals surface area contributed by atoms with Crippen molar-refractivity contribution in [1.82, 2.24) is 34.8 Å². The van der Waals surface area contributed by atoms with Gasteiger partial charge in [-0.2, -0.15) is 10.2 Å². The summed E-state index contributed by atoms with van der Waals surface area (Å²) in [6.45, 7) is 6.35. The monoisotopic (exact) mass is 449 g/mol. The fourth-order valence-electron chi connectivity index (χ4n) is 3.99. The molecule has 1 aliphatic rings. The number of piperidine rings is 1. The summed E-state index contributed by atoms with van der Waals surface area (Å²) in [5.74, 6) is 0.715. The van der Waals surface area contributed by atoms with E-state index in [4.69, 9.17) is 0 Å². The number of aromatic nitrogens is 6. The average Bonchev–Trinajstić information content (AvgIpc) is 3.51. The van der Waals surface area contributed by atoms with Crippen LogP contribution in [0, 0.1) is 0 Å². The summed E-state index contributed by atoms with van der Waals surface area (Å²) in [5.41, 5.74) is 5.24. The molecule has 166 valence electrons. The minimum Gasteiger partial charge on any atom is -0.317 e. The van der Waals surface area contributed by atoms with Crippen molar-refractivity contribution >= 4 is 12.4 Å². The maximum absolute atomic E-state index is 4.64. The van der Waals surface area contributed by atoms with E-state index in [0.717, 1.165) is 53.7 Å². The first kappa shape index (κ1) is 22.2. The number of halogens is 1. The molecule has 0 amide bonds. The number of hydrogen-bond acceptors (Lipinski definition) is 5. The van der Waals surface area contributed by atoms with Crippen LogP contribution in [0.5, 0.6) is 0 Å². The zero-order valence-electron chi connectivity index (χ0n) is 18.3. The van der Waals surface area contributed by atoms with Crippen molar-refractivity contribution in [3.8, 4) is 33.6 Å². The molecule has 1 fully saturated rings. The van der Waals surface area contributed by atoms with E-state index in [0.29, 0.717) is 17.9 Å². The summed E-state index contributed by atoms with van der Waals surface area (Å²) in [6, 6.07) is 9.10. The summed E-state index contributed by atoms with van der Waals surface area (Å²) < 4.78 is 4.06. The van der Waals surface area contributed by atoms with Crippen LogP contribution < -0.4 is 5.32 Å². The number of hydrogen-bond donors (Lipinski definition) is 1. The van der Waals surface area contributed by atoms with Crippen molar-refractivity contribution < 1.29 is 0 Å². The van der Waals surface area contributed by atoms with Crippen LogP contribution >= 0.6 is 12.4 Å². The predicted octanol–water partition coefficient (Wildman–Crippen LogP) is 4.80. The minimum atomic E-state index is 0. The van der Waals surface area contributed by atoms with Gasteiger partial charge >= 0.3 is 0 Å². The zero-order chi connectivity index (χ0) is 21.2. The first-order chi connectivity index (χ1) is 15.2. The quantitative estimate of drug-likeness (QED) is 0.473. The Morgan fingerprint density at radius 2 is 1.53 bits per heavy atom. The van der Waals surface area contributed by atoms with E-state index in [1.807, 2.05) is 41.6 Å². The summed E-state index contributed by atoms with van der Waals surface area (Å²) in [4.78, 5) is 9.27. The van der Waals surface area contributed by atoms with E-state index >= 15 is 0 Å². The van der Waals surface area contributed by atoms with Gasteiger partial charge in [0.1, 0.15) is 0 Å². The van der Waals surface area contributed by atoms with Gasteiger partial charge in [-0.3, -0.25) is 9.36 Å². The third-order valence-corrected chi connectivity index (χ3v) is 5.85. The van der Waals surface area contributed by atoms with Crippen molar-refractivity contribution in [2.75, 3.05) is 13.1 Å². The summed E-state index contributed by atoms with van der Waals surface area (Å²) in [7, 11) is 0. The van der Waals surface area contributed by atoms with E-state index in [1.54, 1.807) is 0 Å². The Labute approximate surface area is 194 Å². The van der Waals surface area contributed by atoms with Crippen molar-refractivity contribution in [1.29, 1.82) is 0 Å². The van der Waals surface area contributed by atoms with Crippen LogP contribution in [0.15, 0.2) is 61.4 Å². The molecule has 5 rings (SSSR count). The molecular weight excluding hydrogens is 422 g/mol. The Hall–Kier alpha value is -3.03. The number of rotatable bonds is 5. The number of nitrogens with zero attached hydrogens (tertiary/aromatic N) is 6. The van der Waals surface area contributed by atoms with Crippen molar-refractivity contribution in [3.63, 3.8) is 0 Å². The second-order valence-electron chi connectivity index (χ2n) is 8.37. The van der Waals surface area contributed by atoms with Crippen LogP contribution in [0.25, 0.3) is 33.6 Å². The Bertz CT molecular complexity index is 1160. The molecule has 0 spiro atoms. The Morgan fingerprint density at radius 1 is 0.844 bits per heavy atom. The molecule has 0 atom stereocenters. The molecule has 4 heterocycles. The van der Waals surface area contributed by atoms with Gasteiger partial charge in [-0.05, 0) is 51.4 Å². The molecule has 0 saturated carbocycles. The highest BCUT2D eigenvalue weighted by Gasteiger charge is 2.16. The highest BCUT2D eigenvalue weighted by Crippen LogP contribution is 2.27.